The standard InChI is InChI=1S/C24H32ClN3O/c1-6-28(7-2)14-8-9-17(3)27(4)24-20-12-10-18(25)15-23(20)26-22-13-11-19(29-5)16-21(22)24/h10-13,15-17H,6-9,14H2,1-5H3. The van der Waals surface area contributed by atoms with Gasteiger partial charge in [0.25, 0.3) is 0 Å². The van der Waals surface area contributed by atoms with E-state index in [2.05, 4.69) is 49.8 Å². The summed E-state index contributed by atoms with van der Waals surface area (Å²) >= 11 is 6.26. The summed E-state index contributed by atoms with van der Waals surface area (Å²) < 4.78 is 5.49. The third-order valence-corrected chi connectivity index (χ3v) is 6.15. The summed E-state index contributed by atoms with van der Waals surface area (Å²) in [5.74, 6) is 0.844. The number of benzene rings is 2. The second-order valence-corrected chi connectivity index (χ2v) is 8.07. The van der Waals surface area contributed by atoms with Crippen LogP contribution in [-0.2, 0) is 0 Å². The highest BCUT2D eigenvalue weighted by Gasteiger charge is 2.18. The van der Waals surface area contributed by atoms with Crippen molar-refractivity contribution in [1.29, 1.82) is 0 Å². The molecule has 0 fully saturated rings. The van der Waals surface area contributed by atoms with Crippen molar-refractivity contribution < 1.29 is 4.74 Å². The van der Waals surface area contributed by atoms with Crippen LogP contribution in [0, 0.1) is 0 Å². The molecule has 0 bridgehead atoms. The highest BCUT2D eigenvalue weighted by Crippen LogP contribution is 2.37. The average molecular weight is 414 g/mol. The Bertz CT molecular complexity index is 971. The zero-order valence-corrected chi connectivity index (χ0v) is 19.0. The van der Waals surface area contributed by atoms with E-state index in [1.54, 1.807) is 7.11 Å². The molecule has 4 nitrogen and oxygen atoms in total. The van der Waals surface area contributed by atoms with Crippen LogP contribution in [0.15, 0.2) is 36.4 Å². The molecule has 0 saturated carbocycles. The van der Waals surface area contributed by atoms with E-state index in [0.717, 1.165) is 53.6 Å². The van der Waals surface area contributed by atoms with E-state index in [1.165, 1.54) is 12.1 Å². The van der Waals surface area contributed by atoms with Gasteiger partial charge in [-0.3, -0.25) is 0 Å². The number of rotatable bonds is 9. The zero-order chi connectivity index (χ0) is 21.0. The molecule has 0 amide bonds. The molecule has 0 aliphatic carbocycles. The Morgan fingerprint density at radius 3 is 2.48 bits per heavy atom. The van der Waals surface area contributed by atoms with Crippen molar-refractivity contribution in [3.05, 3.63) is 41.4 Å². The second-order valence-electron chi connectivity index (χ2n) is 7.63. The molecule has 3 aromatic rings. The van der Waals surface area contributed by atoms with Crippen LogP contribution >= 0.6 is 11.6 Å². The highest BCUT2D eigenvalue weighted by atomic mass is 35.5. The molecule has 156 valence electrons. The first-order chi connectivity index (χ1) is 14.0. The molecule has 0 saturated heterocycles. The van der Waals surface area contributed by atoms with Gasteiger partial charge >= 0.3 is 0 Å². The average Bonchev–Trinajstić information content (AvgIpc) is 2.74. The molecule has 0 aliphatic heterocycles. The fraction of sp³-hybridized carbons (Fsp3) is 0.458. The normalized spacial score (nSPS) is 12.7. The van der Waals surface area contributed by atoms with E-state index in [9.17, 15) is 0 Å². The number of hydrogen-bond acceptors (Lipinski definition) is 4. The van der Waals surface area contributed by atoms with E-state index in [4.69, 9.17) is 21.3 Å². The summed E-state index contributed by atoms with van der Waals surface area (Å²) in [7, 11) is 3.89. The molecule has 0 radical (unpaired) electrons. The van der Waals surface area contributed by atoms with Crippen molar-refractivity contribution >= 4 is 39.1 Å². The number of hydrogen-bond donors (Lipinski definition) is 0. The summed E-state index contributed by atoms with van der Waals surface area (Å²) in [4.78, 5) is 9.72. The third-order valence-electron chi connectivity index (χ3n) is 5.92. The molecule has 0 aliphatic rings. The number of aromatic nitrogens is 1. The maximum absolute atomic E-state index is 6.26. The lowest BCUT2D eigenvalue weighted by Gasteiger charge is -2.30. The van der Waals surface area contributed by atoms with Gasteiger partial charge in [0.15, 0.2) is 0 Å². The van der Waals surface area contributed by atoms with Gasteiger partial charge in [0.2, 0.25) is 0 Å². The highest BCUT2D eigenvalue weighted by molar-refractivity contribution is 6.31. The molecule has 1 heterocycles. The lowest BCUT2D eigenvalue weighted by Crippen LogP contribution is -2.31. The van der Waals surface area contributed by atoms with E-state index >= 15 is 0 Å². The lowest BCUT2D eigenvalue weighted by molar-refractivity contribution is 0.293. The number of pyridine rings is 1. The van der Waals surface area contributed by atoms with Crippen LogP contribution in [-0.4, -0.2) is 49.7 Å². The van der Waals surface area contributed by atoms with Crippen LogP contribution < -0.4 is 9.64 Å². The van der Waals surface area contributed by atoms with Crippen LogP contribution in [0.5, 0.6) is 5.75 Å². The molecule has 0 spiro atoms. The van der Waals surface area contributed by atoms with Gasteiger partial charge in [-0.05, 0) is 75.8 Å². The predicted octanol–water partition coefficient (Wildman–Crippen LogP) is 6.00. The van der Waals surface area contributed by atoms with Gasteiger partial charge in [0, 0.05) is 28.9 Å². The maximum atomic E-state index is 6.26. The van der Waals surface area contributed by atoms with Gasteiger partial charge in [-0.15, -0.1) is 0 Å². The number of halogens is 1. The largest absolute Gasteiger partial charge is 0.497 e. The van der Waals surface area contributed by atoms with Crippen LogP contribution in [0.1, 0.15) is 33.6 Å². The molecule has 3 rings (SSSR count). The van der Waals surface area contributed by atoms with Crippen molar-refractivity contribution in [2.75, 3.05) is 38.7 Å². The Hall–Kier alpha value is -2.04. The minimum absolute atomic E-state index is 0.404. The fourth-order valence-corrected chi connectivity index (χ4v) is 4.11. The molecule has 0 N–H and O–H groups in total. The second kappa shape index (κ2) is 9.64. The van der Waals surface area contributed by atoms with Gasteiger partial charge in [-0.1, -0.05) is 25.4 Å². The van der Waals surface area contributed by atoms with Crippen LogP contribution in [0.25, 0.3) is 21.8 Å². The van der Waals surface area contributed by atoms with E-state index in [1.807, 2.05) is 24.3 Å². The summed E-state index contributed by atoms with van der Waals surface area (Å²) in [5, 5.41) is 2.93. The Labute approximate surface area is 179 Å². The summed E-state index contributed by atoms with van der Waals surface area (Å²) in [6.07, 6.45) is 2.32. The van der Waals surface area contributed by atoms with Crippen LogP contribution in [0.3, 0.4) is 0 Å². The van der Waals surface area contributed by atoms with Crippen molar-refractivity contribution in [3.63, 3.8) is 0 Å². The number of nitrogens with zero attached hydrogens (tertiary/aromatic N) is 3. The number of ether oxygens (including phenoxy) is 1. The Balaban J connectivity index is 2.00. The maximum Gasteiger partial charge on any atom is 0.119 e. The Kier molecular flexibility index (Phi) is 7.20. The monoisotopic (exact) mass is 413 g/mol. The SMILES string of the molecule is CCN(CC)CCCC(C)N(C)c1c2ccc(Cl)cc2nc2ccc(OC)cc12. The molecule has 1 atom stereocenters. The van der Waals surface area contributed by atoms with Gasteiger partial charge in [-0.25, -0.2) is 4.98 Å². The first-order valence-corrected chi connectivity index (χ1v) is 10.9. The molecule has 1 aromatic heterocycles. The molecule has 29 heavy (non-hydrogen) atoms. The first kappa shape index (κ1) is 21.7. The summed E-state index contributed by atoms with van der Waals surface area (Å²) in [6.45, 7) is 10.1. The number of anilines is 1. The molecular formula is C24H32ClN3O. The number of fused-ring (bicyclic) bond motifs is 2. The third kappa shape index (κ3) is 4.76. The Morgan fingerprint density at radius 2 is 1.79 bits per heavy atom. The van der Waals surface area contributed by atoms with Crippen molar-refractivity contribution in [2.45, 2.75) is 39.7 Å². The van der Waals surface area contributed by atoms with Crippen molar-refractivity contribution in [2.24, 2.45) is 0 Å². The minimum Gasteiger partial charge on any atom is -0.497 e. The first-order valence-electron chi connectivity index (χ1n) is 10.5. The fourth-order valence-electron chi connectivity index (χ4n) is 3.95. The van der Waals surface area contributed by atoms with E-state index < -0.39 is 0 Å². The molecular weight excluding hydrogens is 382 g/mol. The minimum atomic E-state index is 0.404. The van der Waals surface area contributed by atoms with Crippen LogP contribution in [0.2, 0.25) is 5.02 Å². The summed E-state index contributed by atoms with van der Waals surface area (Å²) in [6, 6.07) is 12.5. The van der Waals surface area contributed by atoms with Gasteiger partial charge in [0.05, 0.1) is 23.8 Å². The van der Waals surface area contributed by atoms with E-state index in [0.29, 0.717) is 11.1 Å². The lowest BCUT2D eigenvalue weighted by atomic mass is 10.0. The summed E-state index contributed by atoms with van der Waals surface area (Å²) in [5.41, 5.74) is 3.07. The van der Waals surface area contributed by atoms with Crippen molar-refractivity contribution in [1.82, 2.24) is 9.88 Å². The zero-order valence-electron chi connectivity index (χ0n) is 18.2. The van der Waals surface area contributed by atoms with Crippen molar-refractivity contribution in [3.8, 4) is 5.75 Å². The molecule has 1 unspecified atom stereocenters. The smallest absolute Gasteiger partial charge is 0.119 e. The van der Waals surface area contributed by atoms with Crippen LogP contribution in [0.4, 0.5) is 5.69 Å². The molecule has 2 aromatic carbocycles. The quantitative estimate of drug-likeness (QED) is 0.402. The van der Waals surface area contributed by atoms with Gasteiger partial charge < -0.3 is 14.5 Å². The molecule has 5 heteroatoms. The van der Waals surface area contributed by atoms with E-state index in [-0.39, 0.29) is 0 Å². The predicted molar refractivity (Wildman–Crippen MR) is 126 cm³/mol. The topological polar surface area (TPSA) is 28.6 Å². The van der Waals surface area contributed by atoms with Gasteiger partial charge in [0.1, 0.15) is 5.75 Å². The van der Waals surface area contributed by atoms with Gasteiger partial charge in [-0.2, -0.15) is 0 Å². The number of methoxy groups -OCH3 is 1. The Morgan fingerprint density at radius 1 is 1.03 bits per heavy atom.